The van der Waals surface area contributed by atoms with Crippen LogP contribution in [0.5, 0.6) is 0 Å². The highest BCUT2D eigenvalue weighted by atomic mass is 16.5. The maximum Gasteiger partial charge on any atom is 0.0471 e. The summed E-state index contributed by atoms with van der Waals surface area (Å²) < 4.78 is 5.48. The molecule has 17 heavy (non-hydrogen) atoms. The van der Waals surface area contributed by atoms with E-state index in [4.69, 9.17) is 4.74 Å². The summed E-state index contributed by atoms with van der Waals surface area (Å²) in [5.41, 5.74) is 0.492. The summed E-state index contributed by atoms with van der Waals surface area (Å²) in [6.45, 7) is 11.5. The highest BCUT2D eigenvalue weighted by Crippen LogP contribution is 2.31. The normalized spacial score (nSPS) is 30.4. The molecule has 1 N–H and O–H groups in total. The fraction of sp³-hybridized carbons (Fsp3) is 1.00. The maximum absolute atomic E-state index is 5.48. The van der Waals surface area contributed by atoms with Gasteiger partial charge in [0.25, 0.3) is 0 Å². The average Bonchev–Trinajstić information content (AvgIpc) is 2.30. The van der Waals surface area contributed by atoms with Crippen LogP contribution in [0, 0.1) is 5.41 Å². The number of ether oxygens (including phenoxy) is 1. The second-order valence-electron chi connectivity index (χ2n) is 6.10. The van der Waals surface area contributed by atoms with E-state index in [1.165, 1.54) is 45.3 Å². The zero-order chi connectivity index (χ0) is 12.1. The van der Waals surface area contributed by atoms with Crippen LogP contribution in [0.15, 0.2) is 0 Å². The average molecular weight is 240 g/mol. The lowest BCUT2D eigenvalue weighted by Gasteiger charge is -2.41. The number of piperazine rings is 1. The lowest BCUT2D eigenvalue weighted by atomic mass is 9.81. The van der Waals surface area contributed by atoms with Crippen LogP contribution in [-0.4, -0.2) is 50.3 Å². The summed E-state index contributed by atoms with van der Waals surface area (Å²) in [5.74, 6) is 0. The summed E-state index contributed by atoms with van der Waals surface area (Å²) >= 11 is 0. The van der Waals surface area contributed by atoms with Crippen molar-refractivity contribution in [2.45, 2.75) is 45.6 Å². The highest BCUT2D eigenvalue weighted by Gasteiger charge is 2.31. The number of rotatable bonds is 4. The third-order valence-electron chi connectivity index (χ3n) is 4.28. The van der Waals surface area contributed by atoms with Gasteiger partial charge < -0.3 is 10.1 Å². The van der Waals surface area contributed by atoms with E-state index in [9.17, 15) is 0 Å². The maximum atomic E-state index is 5.48. The molecule has 2 rings (SSSR count). The van der Waals surface area contributed by atoms with Gasteiger partial charge in [0, 0.05) is 45.4 Å². The van der Waals surface area contributed by atoms with Gasteiger partial charge in [0.15, 0.2) is 0 Å². The monoisotopic (exact) mass is 240 g/mol. The first-order valence-electron chi connectivity index (χ1n) is 7.25. The SMILES string of the molecule is CCCC1CN(CC2(C)CCOCC2)CCN1. The van der Waals surface area contributed by atoms with Gasteiger partial charge in [-0.3, -0.25) is 4.90 Å². The minimum Gasteiger partial charge on any atom is -0.381 e. The Morgan fingerprint density at radius 2 is 2.12 bits per heavy atom. The third kappa shape index (κ3) is 3.94. The molecule has 2 aliphatic heterocycles. The molecule has 0 aliphatic carbocycles. The van der Waals surface area contributed by atoms with E-state index >= 15 is 0 Å². The van der Waals surface area contributed by atoms with Crippen molar-refractivity contribution in [1.82, 2.24) is 10.2 Å². The molecule has 2 saturated heterocycles. The first-order chi connectivity index (χ1) is 8.22. The first-order valence-corrected chi connectivity index (χ1v) is 7.25. The molecule has 3 heteroatoms. The topological polar surface area (TPSA) is 24.5 Å². The van der Waals surface area contributed by atoms with E-state index in [1.54, 1.807) is 0 Å². The van der Waals surface area contributed by atoms with Gasteiger partial charge in [-0.15, -0.1) is 0 Å². The lowest BCUT2D eigenvalue weighted by molar-refractivity contribution is 0.000443. The summed E-state index contributed by atoms with van der Waals surface area (Å²) in [6, 6.07) is 0.720. The van der Waals surface area contributed by atoms with E-state index in [-0.39, 0.29) is 0 Å². The molecule has 100 valence electrons. The Kier molecular flexibility index (Phi) is 4.83. The van der Waals surface area contributed by atoms with Crippen molar-refractivity contribution in [2.24, 2.45) is 5.41 Å². The molecule has 0 bridgehead atoms. The van der Waals surface area contributed by atoms with Crippen LogP contribution in [-0.2, 0) is 4.74 Å². The van der Waals surface area contributed by atoms with Gasteiger partial charge in [-0.05, 0) is 24.7 Å². The molecule has 0 aromatic rings. The molecule has 0 saturated carbocycles. The Hall–Kier alpha value is -0.120. The molecule has 2 fully saturated rings. The number of hydrogen-bond donors (Lipinski definition) is 1. The van der Waals surface area contributed by atoms with E-state index < -0.39 is 0 Å². The molecule has 1 atom stereocenters. The summed E-state index contributed by atoms with van der Waals surface area (Å²) in [4.78, 5) is 2.67. The van der Waals surface area contributed by atoms with Gasteiger partial charge in [0.05, 0.1) is 0 Å². The quantitative estimate of drug-likeness (QED) is 0.812. The molecule has 1 unspecified atom stereocenters. The first kappa shape index (κ1) is 13.3. The minimum absolute atomic E-state index is 0.492. The third-order valence-corrected chi connectivity index (χ3v) is 4.28. The molecule has 0 radical (unpaired) electrons. The smallest absolute Gasteiger partial charge is 0.0471 e. The van der Waals surface area contributed by atoms with Crippen LogP contribution in [0.4, 0.5) is 0 Å². The molecular formula is C14H28N2O. The van der Waals surface area contributed by atoms with E-state index in [0.717, 1.165) is 25.8 Å². The second kappa shape index (κ2) is 6.17. The fourth-order valence-corrected chi connectivity index (χ4v) is 3.14. The van der Waals surface area contributed by atoms with Crippen molar-refractivity contribution in [3.8, 4) is 0 Å². The molecule has 0 aromatic heterocycles. The van der Waals surface area contributed by atoms with Gasteiger partial charge in [0.2, 0.25) is 0 Å². The second-order valence-corrected chi connectivity index (χ2v) is 6.10. The van der Waals surface area contributed by atoms with Crippen molar-refractivity contribution in [3.63, 3.8) is 0 Å². The Morgan fingerprint density at radius 1 is 1.35 bits per heavy atom. The Balaban J connectivity index is 1.81. The largest absolute Gasteiger partial charge is 0.381 e. The van der Waals surface area contributed by atoms with Crippen LogP contribution in [0.3, 0.4) is 0 Å². The van der Waals surface area contributed by atoms with E-state index in [2.05, 4.69) is 24.1 Å². The number of hydrogen-bond acceptors (Lipinski definition) is 3. The Morgan fingerprint density at radius 3 is 2.82 bits per heavy atom. The predicted octanol–water partition coefficient (Wildman–Crippen LogP) is 1.88. The Labute approximate surface area is 106 Å². The molecule has 0 amide bonds. The molecular weight excluding hydrogens is 212 g/mol. The molecule has 2 aliphatic rings. The minimum atomic E-state index is 0.492. The van der Waals surface area contributed by atoms with E-state index in [0.29, 0.717) is 5.41 Å². The van der Waals surface area contributed by atoms with Gasteiger partial charge in [0.1, 0.15) is 0 Å². The van der Waals surface area contributed by atoms with Crippen LogP contribution in [0.1, 0.15) is 39.5 Å². The summed E-state index contributed by atoms with van der Waals surface area (Å²) in [6.07, 6.45) is 5.07. The van der Waals surface area contributed by atoms with Crippen molar-refractivity contribution in [3.05, 3.63) is 0 Å². The van der Waals surface area contributed by atoms with Crippen molar-refractivity contribution in [2.75, 3.05) is 39.4 Å². The molecule has 0 spiro atoms. The van der Waals surface area contributed by atoms with Crippen molar-refractivity contribution < 1.29 is 4.74 Å². The van der Waals surface area contributed by atoms with Crippen LogP contribution >= 0.6 is 0 Å². The summed E-state index contributed by atoms with van der Waals surface area (Å²) in [7, 11) is 0. The predicted molar refractivity (Wildman–Crippen MR) is 71.3 cm³/mol. The van der Waals surface area contributed by atoms with Gasteiger partial charge in [-0.2, -0.15) is 0 Å². The number of nitrogens with one attached hydrogen (secondary N) is 1. The van der Waals surface area contributed by atoms with Gasteiger partial charge in [-0.1, -0.05) is 20.3 Å². The highest BCUT2D eigenvalue weighted by molar-refractivity contribution is 4.85. The van der Waals surface area contributed by atoms with Crippen molar-refractivity contribution >= 4 is 0 Å². The van der Waals surface area contributed by atoms with Crippen LogP contribution in [0.25, 0.3) is 0 Å². The van der Waals surface area contributed by atoms with E-state index in [1.807, 2.05) is 0 Å². The zero-order valence-electron chi connectivity index (χ0n) is 11.5. The van der Waals surface area contributed by atoms with Crippen LogP contribution in [0.2, 0.25) is 0 Å². The molecule has 0 aromatic carbocycles. The van der Waals surface area contributed by atoms with Crippen molar-refractivity contribution in [1.29, 1.82) is 0 Å². The zero-order valence-corrected chi connectivity index (χ0v) is 11.5. The van der Waals surface area contributed by atoms with Crippen LogP contribution < -0.4 is 5.32 Å². The molecule has 3 nitrogen and oxygen atoms in total. The summed E-state index contributed by atoms with van der Waals surface area (Å²) in [5, 5.41) is 3.63. The van der Waals surface area contributed by atoms with Gasteiger partial charge >= 0.3 is 0 Å². The lowest BCUT2D eigenvalue weighted by Crippen LogP contribution is -2.53. The Bertz CT molecular complexity index is 224. The fourth-order valence-electron chi connectivity index (χ4n) is 3.14. The number of nitrogens with zero attached hydrogens (tertiary/aromatic N) is 1. The van der Waals surface area contributed by atoms with Gasteiger partial charge in [-0.25, -0.2) is 0 Å². The molecule has 2 heterocycles. The standard InChI is InChI=1S/C14H28N2O/c1-3-4-13-11-16(8-7-15-13)12-14(2)5-9-17-10-6-14/h13,15H,3-12H2,1-2H3.